The van der Waals surface area contributed by atoms with Crippen molar-refractivity contribution < 1.29 is 4.42 Å². The quantitative estimate of drug-likeness (QED) is 0.668. The van der Waals surface area contributed by atoms with Gasteiger partial charge in [-0.2, -0.15) is 0 Å². The molecule has 0 aliphatic rings. The highest BCUT2D eigenvalue weighted by atomic mass is 16.4. The van der Waals surface area contributed by atoms with Crippen LogP contribution in [0.4, 0.5) is 0 Å². The van der Waals surface area contributed by atoms with Gasteiger partial charge in [0.2, 0.25) is 0 Å². The summed E-state index contributed by atoms with van der Waals surface area (Å²) in [4.78, 5) is 10.9. The zero-order valence-electron chi connectivity index (χ0n) is 9.20. The van der Waals surface area contributed by atoms with E-state index in [-0.39, 0.29) is 5.63 Å². The molecule has 0 bridgehead atoms. The molecule has 0 spiro atoms. The predicted molar refractivity (Wildman–Crippen MR) is 62.2 cm³/mol. The first-order valence-corrected chi connectivity index (χ1v) is 4.77. The highest BCUT2D eigenvalue weighted by Gasteiger charge is 1.98. The molecule has 1 aromatic carbocycles. The van der Waals surface area contributed by atoms with Gasteiger partial charge in [0, 0.05) is 11.5 Å². The van der Waals surface area contributed by atoms with Gasteiger partial charge >= 0.3 is 5.63 Å². The lowest BCUT2D eigenvalue weighted by atomic mass is 10.1. The van der Waals surface area contributed by atoms with E-state index in [2.05, 4.69) is 5.32 Å². The predicted octanol–water partition coefficient (Wildman–Crippen LogP) is 1.94. The maximum Gasteiger partial charge on any atom is 0.336 e. The van der Waals surface area contributed by atoms with Crippen molar-refractivity contribution >= 4 is 11.0 Å². The van der Waals surface area contributed by atoms with Crippen molar-refractivity contribution in [2.75, 3.05) is 14.1 Å². The van der Waals surface area contributed by atoms with Crippen molar-refractivity contribution in [1.29, 1.82) is 0 Å². The summed E-state index contributed by atoms with van der Waals surface area (Å²) in [6.45, 7) is 1.90. The fourth-order valence-corrected chi connectivity index (χ4v) is 1.27. The van der Waals surface area contributed by atoms with Crippen LogP contribution in [0.3, 0.4) is 0 Å². The molecule has 1 aromatic heterocycles. The molecule has 80 valence electrons. The van der Waals surface area contributed by atoms with Crippen molar-refractivity contribution in [1.82, 2.24) is 5.32 Å². The van der Waals surface area contributed by atoms with E-state index >= 15 is 0 Å². The molecule has 3 nitrogen and oxygen atoms in total. The van der Waals surface area contributed by atoms with Gasteiger partial charge in [-0.1, -0.05) is 18.2 Å². The molecule has 15 heavy (non-hydrogen) atoms. The lowest BCUT2D eigenvalue weighted by Crippen LogP contribution is -1.97. The summed E-state index contributed by atoms with van der Waals surface area (Å²) in [7, 11) is 3.75. The van der Waals surface area contributed by atoms with E-state index in [1.807, 2.05) is 39.2 Å². The second-order valence-electron chi connectivity index (χ2n) is 3.24. The van der Waals surface area contributed by atoms with Gasteiger partial charge in [-0.3, -0.25) is 0 Å². The molecule has 0 saturated heterocycles. The van der Waals surface area contributed by atoms with Gasteiger partial charge in [-0.25, -0.2) is 4.79 Å². The van der Waals surface area contributed by atoms with E-state index in [9.17, 15) is 4.79 Å². The van der Waals surface area contributed by atoms with Crippen LogP contribution in [0.2, 0.25) is 0 Å². The van der Waals surface area contributed by atoms with Crippen LogP contribution < -0.4 is 10.9 Å². The van der Waals surface area contributed by atoms with Crippen molar-refractivity contribution in [3.8, 4) is 0 Å². The summed E-state index contributed by atoms with van der Waals surface area (Å²) < 4.78 is 4.99. The number of rotatable bonds is 0. The molecule has 0 unspecified atom stereocenters. The van der Waals surface area contributed by atoms with Gasteiger partial charge in [-0.15, -0.1) is 0 Å². The van der Waals surface area contributed by atoms with Crippen LogP contribution >= 0.6 is 0 Å². The first kappa shape index (κ1) is 11.5. The van der Waals surface area contributed by atoms with E-state index in [0.29, 0.717) is 5.58 Å². The van der Waals surface area contributed by atoms with Crippen molar-refractivity contribution in [3.05, 3.63) is 46.3 Å². The number of fused-ring (bicyclic) bond motifs is 1. The van der Waals surface area contributed by atoms with E-state index in [0.717, 1.165) is 10.9 Å². The number of para-hydroxylation sites is 1. The van der Waals surface area contributed by atoms with Gasteiger partial charge in [-0.05, 0) is 32.6 Å². The summed E-state index contributed by atoms with van der Waals surface area (Å²) in [5, 5.41) is 3.75. The minimum absolute atomic E-state index is 0.286. The van der Waals surface area contributed by atoms with Crippen LogP contribution in [0.15, 0.2) is 39.5 Å². The highest BCUT2D eigenvalue weighted by Crippen LogP contribution is 2.14. The molecule has 0 fully saturated rings. The smallest absolute Gasteiger partial charge is 0.336 e. The number of hydrogen-bond acceptors (Lipinski definition) is 3. The number of nitrogens with one attached hydrogen (secondary N) is 1. The molecule has 0 radical (unpaired) electrons. The number of benzene rings is 1. The Morgan fingerprint density at radius 3 is 2.47 bits per heavy atom. The Morgan fingerprint density at radius 2 is 1.80 bits per heavy atom. The summed E-state index contributed by atoms with van der Waals surface area (Å²) in [5.41, 5.74) is 1.33. The largest absolute Gasteiger partial charge is 0.423 e. The average molecular weight is 205 g/mol. The van der Waals surface area contributed by atoms with E-state index in [1.165, 1.54) is 6.07 Å². The Balaban J connectivity index is 0.000000337. The Bertz CT molecular complexity index is 488. The van der Waals surface area contributed by atoms with Crippen molar-refractivity contribution in [2.24, 2.45) is 0 Å². The zero-order chi connectivity index (χ0) is 11.3. The van der Waals surface area contributed by atoms with E-state index in [1.54, 1.807) is 6.07 Å². The highest BCUT2D eigenvalue weighted by molar-refractivity contribution is 5.79. The topological polar surface area (TPSA) is 42.2 Å². The molecule has 3 heteroatoms. The van der Waals surface area contributed by atoms with Crippen LogP contribution in [-0.4, -0.2) is 14.1 Å². The van der Waals surface area contributed by atoms with Gasteiger partial charge in [0.05, 0.1) is 0 Å². The molecule has 0 aliphatic heterocycles. The van der Waals surface area contributed by atoms with E-state index in [4.69, 9.17) is 4.42 Å². The number of hydrogen-bond donors (Lipinski definition) is 1. The lowest BCUT2D eigenvalue weighted by molar-refractivity contribution is 0.560. The number of aryl methyl sites for hydroxylation is 1. The van der Waals surface area contributed by atoms with Crippen LogP contribution in [0, 0.1) is 6.92 Å². The second kappa shape index (κ2) is 5.32. The monoisotopic (exact) mass is 205 g/mol. The average Bonchev–Trinajstić information content (AvgIpc) is 2.18. The molecule has 2 rings (SSSR count). The Morgan fingerprint density at radius 1 is 1.20 bits per heavy atom. The lowest BCUT2D eigenvalue weighted by Gasteiger charge is -1.97. The fourth-order valence-electron chi connectivity index (χ4n) is 1.27. The first-order valence-electron chi connectivity index (χ1n) is 4.77. The van der Waals surface area contributed by atoms with Crippen LogP contribution in [-0.2, 0) is 0 Å². The minimum Gasteiger partial charge on any atom is -0.423 e. The third kappa shape index (κ3) is 2.92. The maximum atomic E-state index is 10.9. The Labute approximate surface area is 88.7 Å². The summed E-state index contributed by atoms with van der Waals surface area (Å²) in [6, 6.07) is 9.01. The molecule has 2 aromatic rings. The second-order valence-corrected chi connectivity index (χ2v) is 3.24. The van der Waals surface area contributed by atoms with E-state index < -0.39 is 0 Å². The third-order valence-electron chi connectivity index (χ3n) is 1.86. The molecular weight excluding hydrogens is 190 g/mol. The zero-order valence-corrected chi connectivity index (χ0v) is 9.20. The van der Waals surface area contributed by atoms with Crippen LogP contribution in [0.25, 0.3) is 11.0 Å². The van der Waals surface area contributed by atoms with Gasteiger partial charge < -0.3 is 9.73 Å². The summed E-state index contributed by atoms with van der Waals surface area (Å²) in [6.07, 6.45) is 0. The molecule has 1 N–H and O–H groups in total. The molecule has 0 saturated carbocycles. The maximum absolute atomic E-state index is 10.9. The van der Waals surface area contributed by atoms with Crippen LogP contribution in [0.5, 0.6) is 0 Å². The van der Waals surface area contributed by atoms with Gasteiger partial charge in [0.15, 0.2) is 0 Å². The molecule has 0 aliphatic carbocycles. The summed E-state index contributed by atoms with van der Waals surface area (Å²) >= 11 is 0. The molecular formula is C12H15NO2. The van der Waals surface area contributed by atoms with Gasteiger partial charge in [0.25, 0.3) is 0 Å². The first-order chi connectivity index (χ1) is 7.19. The van der Waals surface area contributed by atoms with Crippen molar-refractivity contribution in [3.63, 3.8) is 0 Å². The Hall–Kier alpha value is -1.61. The SMILES string of the molecule is CNC.Cc1cc(=O)oc2ccccc12. The standard InChI is InChI=1S/C10H8O2.C2H7N/c1-7-6-10(11)12-9-5-3-2-4-8(7)9;1-3-2/h2-6H,1H3;3H,1-2H3. The van der Waals surface area contributed by atoms with Gasteiger partial charge in [0.1, 0.15) is 5.58 Å². The fraction of sp³-hybridized carbons (Fsp3) is 0.250. The normalized spacial score (nSPS) is 9.53. The summed E-state index contributed by atoms with van der Waals surface area (Å²) in [5.74, 6) is 0. The third-order valence-corrected chi connectivity index (χ3v) is 1.86. The minimum atomic E-state index is -0.286. The molecule has 1 heterocycles. The Kier molecular flexibility index (Phi) is 4.06. The molecule has 0 amide bonds. The molecule has 0 atom stereocenters. The van der Waals surface area contributed by atoms with Crippen LogP contribution in [0.1, 0.15) is 5.56 Å². The van der Waals surface area contributed by atoms with Crippen molar-refractivity contribution in [2.45, 2.75) is 6.92 Å².